The van der Waals surface area contributed by atoms with Crippen LogP contribution >= 0.6 is 39.3 Å². The highest BCUT2D eigenvalue weighted by Crippen LogP contribution is 2.41. The third-order valence-electron chi connectivity index (χ3n) is 4.64. The monoisotopic (exact) mass is 498 g/mol. The summed E-state index contributed by atoms with van der Waals surface area (Å²) in [6, 6.07) is 14.5. The topological polar surface area (TPSA) is 66.8 Å². The molecule has 146 valence electrons. The maximum atomic E-state index is 12.6. The van der Waals surface area contributed by atoms with Gasteiger partial charge in [-0.15, -0.1) is 0 Å². The smallest absolute Gasteiger partial charge is 0.252 e. The molecule has 5 nitrogen and oxygen atoms in total. The number of amides is 1. The molecule has 2 heterocycles. The summed E-state index contributed by atoms with van der Waals surface area (Å²) < 4.78 is 25.1. The molecular weight excluding hydrogens is 484 g/mol. The van der Waals surface area contributed by atoms with Gasteiger partial charge in [0.25, 0.3) is 5.91 Å². The predicted molar refractivity (Wildman–Crippen MR) is 118 cm³/mol. The van der Waals surface area contributed by atoms with E-state index in [1.54, 1.807) is 24.3 Å². The van der Waals surface area contributed by atoms with E-state index in [1.807, 2.05) is 29.2 Å². The molecule has 0 aliphatic carbocycles. The standard InChI is InChI=1S/C19H16BrClN2O3S2/c20-13-2-1-3-15(9-13)23-16-10-28(25,26)11-17(16)27-19(23)22-18(24)8-12-4-6-14(21)7-5-12/h1-7,9,16-17H,8,10-11H2/t16-,17+/m1/s1. The first kappa shape index (κ1) is 19.9. The third kappa shape index (κ3) is 4.30. The largest absolute Gasteiger partial charge is 0.316 e. The molecule has 2 fully saturated rings. The zero-order chi connectivity index (χ0) is 19.9. The normalized spacial score (nSPS) is 24.5. The molecular formula is C19H16BrClN2O3S2. The van der Waals surface area contributed by atoms with Crippen LogP contribution in [0.3, 0.4) is 0 Å². The Morgan fingerprint density at radius 1 is 1.21 bits per heavy atom. The number of amidine groups is 1. The molecule has 2 aliphatic rings. The Labute approximate surface area is 181 Å². The molecule has 0 spiro atoms. The summed E-state index contributed by atoms with van der Waals surface area (Å²) >= 11 is 10.7. The van der Waals surface area contributed by atoms with Crippen molar-refractivity contribution in [2.24, 2.45) is 4.99 Å². The van der Waals surface area contributed by atoms with Crippen LogP contribution < -0.4 is 4.90 Å². The number of halogens is 2. The van der Waals surface area contributed by atoms with Gasteiger partial charge in [-0.3, -0.25) is 4.79 Å². The number of nitrogens with zero attached hydrogens (tertiary/aromatic N) is 2. The van der Waals surface area contributed by atoms with Gasteiger partial charge in [-0.1, -0.05) is 57.5 Å². The Kier molecular flexibility index (Phi) is 5.57. The van der Waals surface area contributed by atoms with Crippen LogP contribution in [-0.4, -0.2) is 42.3 Å². The Morgan fingerprint density at radius 3 is 2.68 bits per heavy atom. The number of hydrogen-bond donors (Lipinski definition) is 0. The Hall–Kier alpha value is -1.35. The molecule has 28 heavy (non-hydrogen) atoms. The van der Waals surface area contributed by atoms with E-state index < -0.39 is 9.84 Å². The van der Waals surface area contributed by atoms with Gasteiger partial charge in [0.2, 0.25) is 0 Å². The van der Waals surface area contributed by atoms with Crippen molar-refractivity contribution in [3.05, 3.63) is 63.6 Å². The maximum Gasteiger partial charge on any atom is 0.252 e. The minimum absolute atomic E-state index is 0.0710. The first-order valence-corrected chi connectivity index (χ1v) is 12.5. The van der Waals surface area contributed by atoms with Crippen molar-refractivity contribution in [1.29, 1.82) is 0 Å². The zero-order valence-corrected chi connectivity index (χ0v) is 18.6. The quantitative estimate of drug-likeness (QED) is 0.640. The van der Waals surface area contributed by atoms with Gasteiger partial charge in [0.05, 0.1) is 24.0 Å². The van der Waals surface area contributed by atoms with Gasteiger partial charge in [-0.25, -0.2) is 8.42 Å². The van der Waals surface area contributed by atoms with Crippen LogP contribution in [0.15, 0.2) is 58.0 Å². The van der Waals surface area contributed by atoms with E-state index in [2.05, 4.69) is 20.9 Å². The number of carbonyl (C=O) groups is 1. The highest BCUT2D eigenvalue weighted by molar-refractivity contribution is 9.10. The summed E-state index contributed by atoms with van der Waals surface area (Å²) in [5.41, 5.74) is 1.66. The van der Waals surface area contributed by atoms with Crippen LogP contribution in [0.5, 0.6) is 0 Å². The summed E-state index contributed by atoms with van der Waals surface area (Å²) in [6.45, 7) is 0. The number of sulfone groups is 1. The van der Waals surface area contributed by atoms with E-state index >= 15 is 0 Å². The second-order valence-electron chi connectivity index (χ2n) is 6.74. The fourth-order valence-electron chi connectivity index (χ4n) is 3.42. The highest BCUT2D eigenvalue weighted by atomic mass is 79.9. The molecule has 0 radical (unpaired) electrons. The van der Waals surface area contributed by atoms with Gasteiger partial charge >= 0.3 is 0 Å². The minimum atomic E-state index is -3.09. The van der Waals surface area contributed by atoms with Crippen molar-refractivity contribution >= 4 is 65.9 Å². The average molecular weight is 500 g/mol. The first-order chi connectivity index (χ1) is 13.3. The maximum absolute atomic E-state index is 12.6. The SMILES string of the molecule is O=C(Cc1ccc(Cl)cc1)N=C1S[C@H]2CS(=O)(=O)C[C@H]2N1c1cccc(Br)c1. The van der Waals surface area contributed by atoms with Gasteiger partial charge in [-0.05, 0) is 35.9 Å². The van der Waals surface area contributed by atoms with Crippen LogP contribution in [-0.2, 0) is 21.1 Å². The minimum Gasteiger partial charge on any atom is -0.316 e. The molecule has 2 saturated heterocycles. The van der Waals surface area contributed by atoms with Gasteiger partial charge in [-0.2, -0.15) is 4.99 Å². The fraction of sp³-hybridized carbons (Fsp3) is 0.263. The summed E-state index contributed by atoms with van der Waals surface area (Å²) in [6.07, 6.45) is 0.168. The van der Waals surface area contributed by atoms with Crippen molar-refractivity contribution in [3.63, 3.8) is 0 Å². The number of thioether (sulfide) groups is 1. The number of hydrogen-bond acceptors (Lipinski definition) is 4. The fourth-order valence-corrected chi connectivity index (χ4v) is 7.86. The zero-order valence-electron chi connectivity index (χ0n) is 14.6. The number of benzene rings is 2. The molecule has 0 saturated carbocycles. The van der Waals surface area contributed by atoms with E-state index in [4.69, 9.17) is 11.6 Å². The van der Waals surface area contributed by atoms with Gasteiger partial charge < -0.3 is 4.90 Å². The van der Waals surface area contributed by atoms with Crippen molar-refractivity contribution in [2.75, 3.05) is 16.4 Å². The summed E-state index contributed by atoms with van der Waals surface area (Å²) in [5.74, 6) is -0.0913. The second-order valence-corrected chi connectivity index (χ2v) is 11.5. The second kappa shape index (κ2) is 7.82. The number of fused-ring (bicyclic) bond motifs is 1. The molecule has 4 rings (SSSR count). The molecule has 2 aromatic carbocycles. The van der Waals surface area contributed by atoms with Gasteiger partial charge in [0.15, 0.2) is 15.0 Å². The van der Waals surface area contributed by atoms with Crippen molar-refractivity contribution in [1.82, 2.24) is 0 Å². The average Bonchev–Trinajstić information content (AvgIpc) is 3.07. The molecule has 1 amide bonds. The van der Waals surface area contributed by atoms with E-state index in [-0.39, 0.29) is 35.1 Å². The molecule has 0 aromatic heterocycles. The van der Waals surface area contributed by atoms with E-state index in [0.717, 1.165) is 15.7 Å². The number of carbonyl (C=O) groups excluding carboxylic acids is 1. The van der Waals surface area contributed by atoms with E-state index in [1.165, 1.54) is 11.8 Å². The lowest BCUT2D eigenvalue weighted by atomic mass is 10.1. The lowest BCUT2D eigenvalue weighted by Gasteiger charge is -2.24. The number of aliphatic imine (C=N–C) groups is 1. The van der Waals surface area contributed by atoms with Crippen LogP contribution in [0.1, 0.15) is 5.56 Å². The Balaban J connectivity index is 1.63. The van der Waals surface area contributed by atoms with Crippen molar-refractivity contribution in [3.8, 4) is 0 Å². The number of rotatable bonds is 3. The van der Waals surface area contributed by atoms with Gasteiger partial charge in [0.1, 0.15) is 0 Å². The Bertz CT molecular complexity index is 1060. The number of anilines is 1. The van der Waals surface area contributed by atoms with Crippen molar-refractivity contribution < 1.29 is 13.2 Å². The van der Waals surface area contributed by atoms with Crippen molar-refractivity contribution in [2.45, 2.75) is 17.7 Å². The lowest BCUT2D eigenvalue weighted by molar-refractivity contribution is -0.117. The van der Waals surface area contributed by atoms with Crippen LogP contribution in [0, 0.1) is 0 Å². The molecule has 2 aromatic rings. The lowest BCUT2D eigenvalue weighted by Crippen LogP contribution is -2.37. The summed E-state index contributed by atoms with van der Waals surface area (Å²) in [7, 11) is -3.09. The molecule has 0 bridgehead atoms. The molecule has 0 unspecified atom stereocenters. The third-order valence-corrected chi connectivity index (χ3v) is 8.60. The Morgan fingerprint density at radius 2 is 1.96 bits per heavy atom. The van der Waals surface area contributed by atoms with E-state index in [0.29, 0.717) is 10.2 Å². The van der Waals surface area contributed by atoms with Crippen LogP contribution in [0.4, 0.5) is 5.69 Å². The molecule has 2 atom stereocenters. The predicted octanol–water partition coefficient (Wildman–Crippen LogP) is 3.95. The van der Waals surface area contributed by atoms with Gasteiger partial charge in [0, 0.05) is 20.4 Å². The molecule has 9 heteroatoms. The molecule has 2 aliphatic heterocycles. The summed E-state index contributed by atoms with van der Waals surface area (Å²) in [4.78, 5) is 18.8. The van der Waals surface area contributed by atoms with E-state index in [9.17, 15) is 13.2 Å². The summed E-state index contributed by atoms with van der Waals surface area (Å²) in [5, 5.41) is 1.05. The highest BCUT2D eigenvalue weighted by Gasteiger charge is 2.49. The van der Waals surface area contributed by atoms with Crippen LogP contribution in [0.25, 0.3) is 0 Å². The van der Waals surface area contributed by atoms with Crippen LogP contribution in [0.2, 0.25) is 5.02 Å². The molecule has 0 N–H and O–H groups in total. The first-order valence-electron chi connectivity index (χ1n) is 8.58.